The normalized spacial score (nSPS) is 12.8. The molecule has 3 heteroatoms. The predicted molar refractivity (Wildman–Crippen MR) is 62.6 cm³/mol. The highest BCUT2D eigenvalue weighted by molar-refractivity contribution is 5.86. The molecule has 0 fully saturated rings. The Labute approximate surface area is 93.1 Å². The van der Waals surface area contributed by atoms with Crippen LogP contribution < -0.4 is 0 Å². The third-order valence-electron chi connectivity index (χ3n) is 2.76. The Kier molecular flexibility index (Phi) is 1.96. The van der Waals surface area contributed by atoms with E-state index in [4.69, 9.17) is 0 Å². The molecule has 16 heavy (non-hydrogen) atoms. The van der Waals surface area contributed by atoms with E-state index < -0.39 is 0 Å². The van der Waals surface area contributed by atoms with Gasteiger partial charge in [-0.15, -0.1) is 0 Å². The number of para-hydroxylation sites is 1. The molecule has 2 heterocycles. The average molecular weight is 210 g/mol. The van der Waals surface area contributed by atoms with Crippen molar-refractivity contribution in [3.63, 3.8) is 0 Å². The Morgan fingerprint density at radius 3 is 3.06 bits per heavy atom. The Balaban J connectivity index is 2.14. The molecule has 0 saturated heterocycles. The molecular weight excluding hydrogens is 200 g/mol. The van der Waals surface area contributed by atoms with Gasteiger partial charge in [-0.25, -0.2) is 0 Å². The third kappa shape index (κ3) is 1.37. The van der Waals surface area contributed by atoms with Gasteiger partial charge in [-0.05, 0) is 17.7 Å². The monoisotopic (exact) mass is 210 g/mol. The molecule has 0 atom stereocenters. The van der Waals surface area contributed by atoms with Gasteiger partial charge in [0.15, 0.2) is 6.29 Å². The van der Waals surface area contributed by atoms with Crippen LogP contribution in [0.4, 0.5) is 5.69 Å². The van der Waals surface area contributed by atoms with Crippen LogP contribution in [0.2, 0.25) is 0 Å². The van der Waals surface area contributed by atoms with Crippen LogP contribution >= 0.6 is 0 Å². The first-order valence-corrected chi connectivity index (χ1v) is 5.14. The number of carbonyl (C=O) groups excluding carboxylic acids is 1. The van der Waals surface area contributed by atoms with Crippen LogP contribution in [0.5, 0.6) is 0 Å². The molecule has 1 aliphatic rings. The number of aliphatic imine (C=N–C) groups is 1. The standard InChI is InChI=1S/C13H10N2O/c16-9-10-5-12-6-14-13-4-2-1-3-11(13)8-15(12)7-10/h1-7,9H,8H2. The van der Waals surface area contributed by atoms with Crippen molar-refractivity contribution in [2.75, 3.05) is 0 Å². The van der Waals surface area contributed by atoms with E-state index in [9.17, 15) is 4.79 Å². The Hall–Kier alpha value is -2.16. The average Bonchev–Trinajstić information content (AvgIpc) is 2.63. The van der Waals surface area contributed by atoms with Crippen LogP contribution in [0.15, 0.2) is 41.5 Å². The quantitative estimate of drug-likeness (QED) is 0.568. The van der Waals surface area contributed by atoms with Gasteiger partial charge in [0.1, 0.15) is 0 Å². The number of aldehydes is 1. The van der Waals surface area contributed by atoms with Crippen molar-refractivity contribution >= 4 is 18.2 Å². The zero-order chi connectivity index (χ0) is 11.0. The summed E-state index contributed by atoms with van der Waals surface area (Å²) in [6, 6.07) is 9.89. The molecule has 0 N–H and O–H groups in total. The fraction of sp³-hybridized carbons (Fsp3) is 0.0769. The second-order valence-electron chi connectivity index (χ2n) is 3.83. The third-order valence-corrected chi connectivity index (χ3v) is 2.76. The lowest BCUT2D eigenvalue weighted by atomic mass is 10.2. The van der Waals surface area contributed by atoms with Crippen molar-refractivity contribution in [3.8, 4) is 0 Å². The topological polar surface area (TPSA) is 34.4 Å². The molecule has 0 saturated carbocycles. The summed E-state index contributed by atoms with van der Waals surface area (Å²) in [5, 5.41) is 0. The van der Waals surface area contributed by atoms with E-state index in [0.29, 0.717) is 5.56 Å². The van der Waals surface area contributed by atoms with Gasteiger partial charge in [0, 0.05) is 18.3 Å². The van der Waals surface area contributed by atoms with Crippen LogP contribution in [-0.4, -0.2) is 17.1 Å². The van der Waals surface area contributed by atoms with Gasteiger partial charge in [-0.2, -0.15) is 0 Å². The molecular formula is C13H10N2O. The first kappa shape index (κ1) is 9.09. The Morgan fingerprint density at radius 2 is 2.19 bits per heavy atom. The predicted octanol–water partition coefficient (Wildman–Crippen LogP) is 2.41. The first-order valence-electron chi connectivity index (χ1n) is 5.14. The molecule has 0 bridgehead atoms. The van der Waals surface area contributed by atoms with Crippen LogP contribution in [-0.2, 0) is 6.54 Å². The van der Waals surface area contributed by atoms with Crippen molar-refractivity contribution in [1.82, 2.24) is 4.57 Å². The number of benzene rings is 1. The molecule has 0 spiro atoms. The summed E-state index contributed by atoms with van der Waals surface area (Å²) in [6.07, 6.45) is 4.52. The molecule has 1 aromatic carbocycles. The smallest absolute Gasteiger partial charge is 0.151 e. The van der Waals surface area contributed by atoms with E-state index >= 15 is 0 Å². The number of hydrogen-bond acceptors (Lipinski definition) is 2. The highest BCUT2D eigenvalue weighted by atomic mass is 16.1. The maximum atomic E-state index is 10.7. The number of fused-ring (bicyclic) bond motifs is 2. The van der Waals surface area contributed by atoms with Crippen molar-refractivity contribution in [3.05, 3.63) is 53.3 Å². The maximum Gasteiger partial charge on any atom is 0.151 e. The molecule has 0 unspecified atom stereocenters. The minimum absolute atomic E-state index is 0.695. The zero-order valence-corrected chi connectivity index (χ0v) is 8.63. The highest BCUT2D eigenvalue weighted by Crippen LogP contribution is 2.23. The van der Waals surface area contributed by atoms with Gasteiger partial charge < -0.3 is 4.57 Å². The zero-order valence-electron chi connectivity index (χ0n) is 8.63. The fourth-order valence-corrected chi connectivity index (χ4v) is 1.95. The van der Waals surface area contributed by atoms with Gasteiger partial charge in [0.2, 0.25) is 0 Å². The fourth-order valence-electron chi connectivity index (χ4n) is 1.95. The molecule has 2 aromatic rings. The molecule has 3 rings (SSSR count). The Bertz CT molecular complexity index is 581. The minimum Gasteiger partial charge on any atom is -0.341 e. The van der Waals surface area contributed by atoms with E-state index in [-0.39, 0.29) is 0 Å². The molecule has 3 nitrogen and oxygen atoms in total. The number of carbonyl (C=O) groups is 1. The summed E-state index contributed by atoms with van der Waals surface area (Å²) in [6.45, 7) is 0.763. The van der Waals surface area contributed by atoms with Crippen LogP contribution in [0, 0.1) is 0 Å². The number of aromatic nitrogens is 1. The van der Waals surface area contributed by atoms with Gasteiger partial charge in [0.05, 0.1) is 17.6 Å². The lowest BCUT2D eigenvalue weighted by Gasteiger charge is -2.04. The summed E-state index contributed by atoms with van der Waals surface area (Å²) in [5.74, 6) is 0. The lowest BCUT2D eigenvalue weighted by Crippen LogP contribution is -1.99. The van der Waals surface area contributed by atoms with Crippen molar-refractivity contribution in [2.45, 2.75) is 6.54 Å². The van der Waals surface area contributed by atoms with Gasteiger partial charge in [0.25, 0.3) is 0 Å². The summed E-state index contributed by atoms with van der Waals surface area (Å²) >= 11 is 0. The summed E-state index contributed by atoms with van der Waals surface area (Å²) in [4.78, 5) is 15.1. The van der Waals surface area contributed by atoms with E-state index in [1.165, 1.54) is 5.56 Å². The highest BCUT2D eigenvalue weighted by Gasteiger charge is 2.10. The van der Waals surface area contributed by atoms with Crippen molar-refractivity contribution in [1.29, 1.82) is 0 Å². The first-order chi connectivity index (χ1) is 7.86. The Morgan fingerprint density at radius 1 is 1.31 bits per heavy atom. The van der Waals surface area contributed by atoms with E-state index in [1.807, 2.05) is 35.0 Å². The van der Waals surface area contributed by atoms with E-state index in [1.54, 1.807) is 6.21 Å². The minimum atomic E-state index is 0.695. The van der Waals surface area contributed by atoms with Crippen molar-refractivity contribution < 1.29 is 4.79 Å². The summed E-state index contributed by atoms with van der Waals surface area (Å²) in [5.41, 5.74) is 3.84. The van der Waals surface area contributed by atoms with Crippen LogP contribution in [0.1, 0.15) is 21.6 Å². The SMILES string of the molecule is O=Cc1cc2n(c1)Cc1ccccc1N=C2. The van der Waals surface area contributed by atoms with Gasteiger partial charge >= 0.3 is 0 Å². The van der Waals surface area contributed by atoms with Gasteiger partial charge in [-0.3, -0.25) is 9.79 Å². The van der Waals surface area contributed by atoms with E-state index in [0.717, 1.165) is 24.2 Å². The largest absolute Gasteiger partial charge is 0.341 e. The molecule has 1 aliphatic heterocycles. The van der Waals surface area contributed by atoms with E-state index in [2.05, 4.69) is 11.1 Å². The number of nitrogens with zero attached hydrogens (tertiary/aromatic N) is 2. The number of hydrogen-bond donors (Lipinski definition) is 0. The van der Waals surface area contributed by atoms with Crippen LogP contribution in [0.3, 0.4) is 0 Å². The summed E-state index contributed by atoms with van der Waals surface area (Å²) < 4.78 is 2.04. The van der Waals surface area contributed by atoms with Crippen LogP contribution in [0.25, 0.3) is 0 Å². The lowest BCUT2D eigenvalue weighted by molar-refractivity contribution is 0.112. The molecule has 0 radical (unpaired) electrons. The number of rotatable bonds is 1. The van der Waals surface area contributed by atoms with Gasteiger partial charge in [-0.1, -0.05) is 18.2 Å². The second-order valence-corrected chi connectivity index (χ2v) is 3.83. The summed E-state index contributed by atoms with van der Waals surface area (Å²) in [7, 11) is 0. The molecule has 0 aliphatic carbocycles. The second kappa shape index (κ2) is 3.45. The molecule has 1 aromatic heterocycles. The van der Waals surface area contributed by atoms with Crippen molar-refractivity contribution in [2.24, 2.45) is 4.99 Å². The maximum absolute atomic E-state index is 10.7. The molecule has 78 valence electrons. The molecule has 0 amide bonds.